The molecule has 48 heavy (non-hydrogen) atoms. The molecular weight excluding hydrogens is 614 g/mol. The number of unbranched alkanes of at least 4 members (excludes halogenated alkanes) is 1. The van der Waals surface area contributed by atoms with Crippen LogP contribution in [-0.2, 0) is 39.8 Å². The van der Waals surface area contributed by atoms with Crippen molar-refractivity contribution in [3.8, 4) is 0 Å². The van der Waals surface area contributed by atoms with Gasteiger partial charge in [-0.15, -0.1) is 0 Å². The molecule has 270 valence electrons. The molecule has 1 aromatic rings. The van der Waals surface area contributed by atoms with Crippen LogP contribution in [0.4, 0.5) is 0 Å². The molecule has 1 aliphatic heterocycles. The number of hydrogen-bond donors (Lipinski definition) is 3. The number of ether oxygens (including phenoxy) is 3. The molecule has 12 nitrogen and oxygen atoms in total. The van der Waals surface area contributed by atoms with E-state index >= 15 is 0 Å². The van der Waals surface area contributed by atoms with Crippen molar-refractivity contribution in [3.05, 3.63) is 48.6 Å². The summed E-state index contributed by atoms with van der Waals surface area (Å²) in [5.74, 6) is -0.922. The Bertz CT molecular complexity index is 1100. The minimum Gasteiger partial charge on any atom is -0.379 e. The van der Waals surface area contributed by atoms with E-state index in [1.54, 1.807) is 0 Å². The number of rotatable bonds is 25. The maximum atomic E-state index is 13.7. The fraction of sp³-hybridized carbons (Fsp3) is 0.667. The Hall–Kier alpha value is -3.32. The first-order valence-electron chi connectivity index (χ1n) is 17.5. The van der Waals surface area contributed by atoms with Crippen molar-refractivity contribution >= 4 is 23.6 Å². The Morgan fingerprint density at radius 2 is 1.52 bits per heavy atom. The second kappa shape index (κ2) is 23.9. The van der Waals surface area contributed by atoms with E-state index in [4.69, 9.17) is 14.2 Å². The summed E-state index contributed by atoms with van der Waals surface area (Å²) in [6.07, 6.45) is 6.89. The molecule has 3 N–H and O–H groups in total. The quantitative estimate of drug-likeness (QED) is 0.0823. The lowest BCUT2D eigenvalue weighted by Gasteiger charge is -2.32. The number of amides is 4. The van der Waals surface area contributed by atoms with Crippen molar-refractivity contribution in [3.63, 3.8) is 0 Å². The first-order chi connectivity index (χ1) is 23.1. The third kappa shape index (κ3) is 17.7. The first-order valence-corrected chi connectivity index (χ1v) is 17.5. The molecule has 1 aromatic carbocycles. The highest BCUT2D eigenvalue weighted by Gasteiger charge is 2.30. The Balaban J connectivity index is 1.86. The molecular formula is C36H60N5O7+. The van der Waals surface area contributed by atoms with Crippen LogP contribution in [0.3, 0.4) is 0 Å². The van der Waals surface area contributed by atoms with E-state index in [1.165, 1.54) is 6.08 Å². The molecule has 0 radical (unpaired) electrons. The minimum absolute atomic E-state index is 0.0711. The number of hydrogen-bond acceptors (Lipinski definition) is 7. The van der Waals surface area contributed by atoms with Crippen molar-refractivity contribution in [2.75, 3.05) is 86.5 Å². The minimum atomic E-state index is -0.754. The smallest absolute Gasteiger partial charge is 0.245 e. The number of piperidine rings is 1. The van der Waals surface area contributed by atoms with Crippen molar-refractivity contribution in [1.82, 2.24) is 20.9 Å². The standard InChI is InChI=1S/C36H59N5O7/c1-5-33(42)37-19-24-47-26-28-48-27-25-46-23-18-34(43)38-31(17-11-14-22-41(3,4)6-2)35(44)39-32(29-30-15-9-7-10-16-30)36(45)40-20-12-8-13-21-40/h5,7,9-10,15-16,31-32H,1,6,8,11-14,17-29H2,2-4H3,(H2-,37,38,39,42,43,44)/p+1/t31-,32-/m0/s1. The van der Waals surface area contributed by atoms with Crippen LogP contribution < -0.4 is 16.0 Å². The summed E-state index contributed by atoms with van der Waals surface area (Å²) < 4.78 is 17.3. The normalized spacial score (nSPS) is 14.5. The third-order valence-electron chi connectivity index (χ3n) is 8.53. The van der Waals surface area contributed by atoms with Gasteiger partial charge in [-0.1, -0.05) is 36.9 Å². The average Bonchev–Trinajstić information content (AvgIpc) is 3.10. The van der Waals surface area contributed by atoms with Gasteiger partial charge in [0.05, 0.1) is 66.8 Å². The van der Waals surface area contributed by atoms with Gasteiger partial charge in [-0.3, -0.25) is 19.2 Å². The third-order valence-corrected chi connectivity index (χ3v) is 8.53. The van der Waals surface area contributed by atoms with Gasteiger partial charge in [0.2, 0.25) is 23.6 Å². The molecule has 1 heterocycles. The molecule has 0 saturated carbocycles. The number of nitrogens with zero attached hydrogens (tertiary/aromatic N) is 2. The fourth-order valence-corrected chi connectivity index (χ4v) is 5.26. The van der Waals surface area contributed by atoms with Crippen LogP contribution in [0.5, 0.6) is 0 Å². The van der Waals surface area contributed by atoms with Gasteiger partial charge in [0.15, 0.2) is 0 Å². The highest BCUT2D eigenvalue weighted by molar-refractivity contribution is 5.92. The summed E-state index contributed by atoms with van der Waals surface area (Å²) in [5, 5.41) is 8.57. The van der Waals surface area contributed by atoms with E-state index in [9.17, 15) is 19.2 Å². The summed E-state index contributed by atoms with van der Waals surface area (Å²) >= 11 is 0. The lowest BCUT2D eigenvalue weighted by atomic mass is 10.0. The zero-order valence-electron chi connectivity index (χ0n) is 29.5. The second-order valence-corrected chi connectivity index (χ2v) is 12.8. The molecule has 2 rings (SSSR count). The van der Waals surface area contributed by atoms with Gasteiger partial charge in [0, 0.05) is 32.5 Å². The van der Waals surface area contributed by atoms with E-state index in [2.05, 4.69) is 43.5 Å². The lowest BCUT2D eigenvalue weighted by Crippen LogP contribution is -2.55. The van der Waals surface area contributed by atoms with Crippen LogP contribution >= 0.6 is 0 Å². The molecule has 4 amide bonds. The van der Waals surface area contributed by atoms with Crippen molar-refractivity contribution in [1.29, 1.82) is 0 Å². The second-order valence-electron chi connectivity index (χ2n) is 12.8. The zero-order chi connectivity index (χ0) is 35.0. The Kier molecular flexibility index (Phi) is 20.4. The van der Waals surface area contributed by atoms with Gasteiger partial charge in [0.1, 0.15) is 12.1 Å². The van der Waals surface area contributed by atoms with E-state index in [0.717, 1.165) is 55.2 Å². The molecule has 0 unspecified atom stereocenters. The van der Waals surface area contributed by atoms with E-state index < -0.39 is 12.1 Å². The summed E-state index contributed by atoms with van der Waals surface area (Å²) in [6.45, 7) is 11.3. The average molecular weight is 675 g/mol. The number of quaternary nitrogens is 1. The zero-order valence-corrected chi connectivity index (χ0v) is 29.5. The van der Waals surface area contributed by atoms with Crippen molar-refractivity contribution in [2.24, 2.45) is 0 Å². The van der Waals surface area contributed by atoms with Gasteiger partial charge in [-0.25, -0.2) is 0 Å². The first kappa shape index (κ1) is 40.9. The number of carbonyl (C=O) groups is 4. The van der Waals surface area contributed by atoms with E-state index in [0.29, 0.717) is 65.5 Å². The summed E-state index contributed by atoms with van der Waals surface area (Å²) in [5.41, 5.74) is 0.969. The van der Waals surface area contributed by atoms with E-state index in [1.807, 2.05) is 35.2 Å². The predicted octanol–water partition coefficient (Wildman–Crippen LogP) is 2.22. The Morgan fingerprint density at radius 1 is 0.875 bits per heavy atom. The topological polar surface area (TPSA) is 135 Å². The molecule has 1 fully saturated rings. The van der Waals surface area contributed by atoms with Gasteiger partial charge >= 0.3 is 0 Å². The molecule has 0 bridgehead atoms. The number of carbonyl (C=O) groups excluding carboxylic acids is 4. The SMILES string of the molecule is C=CC(=O)NCCOCCOCCOCCC(=O)N[C@@H](CCCC[N+](C)(C)CC)C(=O)N[C@@H](Cc1ccccc1)C(=O)N1CCCCC1. The van der Waals surface area contributed by atoms with Gasteiger partial charge in [-0.2, -0.15) is 0 Å². The maximum absolute atomic E-state index is 13.7. The van der Waals surface area contributed by atoms with E-state index in [-0.39, 0.29) is 36.7 Å². The predicted molar refractivity (Wildman–Crippen MR) is 186 cm³/mol. The fourth-order valence-electron chi connectivity index (χ4n) is 5.26. The number of nitrogens with one attached hydrogen (secondary N) is 3. The molecule has 1 aliphatic rings. The van der Waals surface area contributed by atoms with Gasteiger partial charge < -0.3 is 39.5 Å². The van der Waals surface area contributed by atoms with Crippen LogP contribution in [0.2, 0.25) is 0 Å². The van der Waals surface area contributed by atoms with Crippen molar-refractivity contribution in [2.45, 2.75) is 70.4 Å². The molecule has 0 aliphatic carbocycles. The summed E-state index contributed by atoms with van der Waals surface area (Å²) in [6, 6.07) is 8.25. The highest BCUT2D eigenvalue weighted by Crippen LogP contribution is 2.14. The van der Waals surface area contributed by atoms with Gasteiger partial charge in [-0.05, 0) is 57.1 Å². The van der Waals surface area contributed by atoms with Crippen LogP contribution in [0.1, 0.15) is 57.4 Å². The largest absolute Gasteiger partial charge is 0.379 e. The molecule has 0 aromatic heterocycles. The Morgan fingerprint density at radius 3 is 2.17 bits per heavy atom. The molecule has 12 heteroatoms. The molecule has 0 spiro atoms. The van der Waals surface area contributed by atoms with Crippen LogP contribution in [0.15, 0.2) is 43.0 Å². The Labute approximate surface area is 287 Å². The lowest BCUT2D eigenvalue weighted by molar-refractivity contribution is -0.888. The monoisotopic (exact) mass is 674 g/mol. The van der Waals surface area contributed by atoms with Crippen LogP contribution in [-0.4, -0.2) is 132 Å². The van der Waals surface area contributed by atoms with Crippen LogP contribution in [0, 0.1) is 0 Å². The number of likely N-dealkylation sites (tertiary alicyclic amines) is 1. The van der Waals surface area contributed by atoms with Crippen LogP contribution in [0.25, 0.3) is 0 Å². The highest BCUT2D eigenvalue weighted by atomic mass is 16.5. The maximum Gasteiger partial charge on any atom is 0.245 e. The summed E-state index contributed by atoms with van der Waals surface area (Å²) in [4.78, 5) is 53.2. The molecule has 2 atom stereocenters. The van der Waals surface area contributed by atoms with Crippen molar-refractivity contribution < 1.29 is 37.9 Å². The van der Waals surface area contributed by atoms with Gasteiger partial charge in [0.25, 0.3) is 0 Å². The summed E-state index contributed by atoms with van der Waals surface area (Å²) in [7, 11) is 4.36. The molecule has 1 saturated heterocycles. The number of benzene rings is 1.